The number of benzene rings is 2. The fourth-order valence-electron chi connectivity index (χ4n) is 2.01. The minimum absolute atomic E-state index is 0.244. The molecule has 0 unspecified atom stereocenters. The van der Waals surface area contributed by atoms with Crippen LogP contribution in [-0.4, -0.2) is 18.1 Å². The monoisotopic (exact) mass is 334 g/mol. The molecule has 0 atom stereocenters. The molecule has 0 fully saturated rings. The van der Waals surface area contributed by atoms with Crippen molar-refractivity contribution in [2.24, 2.45) is 0 Å². The van der Waals surface area contributed by atoms with E-state index < -0.39 is 5.97 Å². The van der Waals surface area contributed by atoms with E-state index in [0.29, 0.717) is 17.9 Å². The van der Waals surface area contributed by atoms with Gasteiger partial charge < -0.3 is 15.7 Å². The summed E-state index contributed by atoms with van der Waals surface area (Å²) in [6.07, 6.45) is 0. The molecule has 0 radical (unpaired) electrons. The molecular weight excluding hydrogens is 320 g/mol. The number of carboxylic acid groups (broad SMARTS) is 1. The van der Waals surface area contributed by atoms with Gasteiger partial charge in [0, 0.05) is 23.8 Å². The zero-order valence-corrected chi connectivity index (χ0v) is 12.6. The highest BCUT2D eigenvalue weighted by molar-refractivity contribution is 9.10. The SMILES string of the molecule is CN(Cc1ccccc1Br)c1cc(N)ccc1C(=O)O. The summed E-state index contributed by atoms with van der Waals surface area (Å²) in [5.74, 6) is -0.959. The maximum atomic E-state index is 11.3. The third kappa shape index (κ3) is 3.11. The molecule has 104 valence electrons. The standard InChI is InChI=1S/C15H15BrN2O2/c1-18(9-10-4-2-3-5-13(10)16)14-8-11(17)6-7-12(14)15(19)20/h2-8H,9,17H2,1H3,(H,19,20). The molecular formula is C15H15BrN2O2. The van der Waals surface area contributed by atoms with E-state index in [1.807, 2.05) is 36.2 Å². The minimum Gasteiger partial charge on any atom is -0.478 e. The first-order valence-electron chi connectivity index (χ1n) is 6.06. The Kier molecular flexibility index (Phi) is 4.29. The molecule has 0 saturated carbocycles. The summed E-state index contributed by atoms with van der Waals surface area (Å²) in [5, 5.41) is 9.25. The van der Waals surface area contributed by atoms with Crippen LogP contribution in [0.1, 0.15) is 15.9 Å². The normalized spacial score (nSPS) is 10.3. The lowest BCUT2D eigenvalue weighted by Crippen LogP contribution is -2.20. The summed E-state index contributed by atoms with van der Waals surface area (Å²) in [4.78, 5) is 13.2. The lowest BCUT2D eigenvalue weighted by Gasteiger charge is -2.22. The molecule has 0 bridgehead atoms. The first kappa shape index (κ1) is 14.4. The van der Waals surface area contributed by atoms with Gasteiger partial charge in [0.25, 0.3) is 0 Å². The topological polar surface area (TPSA) is 66.6 Å². The highest BCUT2D eigenvalue weighted by atomic mass is 79.9. The summed E-state index contributed by atoms with van der Waals surface area (Å²) < 4.78 is 0.993. The van der Waals surface area contributed by atoms with E-state index in [1.165, 1.54) is 6.07 Å². The Morgan fingerprint density at radius 2 is 2.00 bits per heavy atom. The fourth-order valence-corrected chi connectivity index (χ4v) is 2.42. The Labute approximate surface area is 126 Å². The molecule has 0 heterocycles. The number of nitrogens with zero attached hydrogens (tertiary/aromatic N) is 1. The van der Waals surface area contributed by atoms with Crippen molar-refractivity contribution in [1.82, 2.24) is 0 Å². The van der Waals surface area contributed by atoms with Crippen molar-refractivity contribution in [1.29, 1.82) is 0 Å². The lowest BCUT2D eigenvalue weighted by molar-refractivity contribution is 0.0697. The third-order valence-electron chi connectivity index (χ3n) is 3.03. The van der Waals surface area contributed by atoms with Crippen LogP contribution in [0.15, 0.2) is 46.9 Å². The van der Waals surface area contributed by atoms with Gasteiger partial charge >= 0.3 is 5.97 Å². The molecule has 20 heavy (non-hydrogen) atoms. The number of carboxylic acids is 1. The number of anilines is 2. The minimum atomic E-state index is -0.959. The molecule has 0 aliphatic rings. The van der Waals surface area contributed by atoms with E-state index in [0.717, 1.165) is 10.0 Å². The molecule has 2 rings (SSSR count). The van der Waals surface area contributed by atoms with Crippen molar-refractivity contribution in [2.75, 3.05) is 17.7 Å². The zero-order chi connectivity index (χ0) is 14.7. The van der Waals surface area contributed by atoms with E-state index >= 15 is 0 Å². The number of hydrogen-bond donors (Lipinski definition) is 2. The Balaban J connectivity index is 2.34. The van der Waals surface area contributed by atoms with Crippen molar-refractivity contribution in [2.45, 2.75) is 6.54 Å². The van der Waals surface area contributed by atoms with Gasteiger partial charge in [0.15, 0.2) is 0 Å². The molecule has 0 saturated heterocycles. The molecule has 0 aliphatic carbocycles. The second-order valence-electron chi connectivity index (χ2n) is 4.53. The second kappa shape index (κ2) is 5.96. The molecule has 5 heteroatoms. The first-order valence-corrected chi connectivity index (χ1v) is 6.85. The predicted octanol–water partition coefficient (Wildman–Crippen LogP) is 3.37. The van der Waals surface area contributed by atoms with E-state index in [2.05, 4.69) is 15.9 Å². The van der Waals surface area contributed by atoms with Gasteiger partial charge in [-0.25, -0.2) is 4.79 Å². The molecule has 2 aromatic carbocycles. The zero-order valence-electron chi connectivity index (χ0n) is 11.0. The average Bonchev–Trinajstić information content (AvgIpc) is 2.40. The Morgan fingerprint density at radius 3 is 2.65 bits per heavy atom. The smallest absolute Gasteiger partial charge is 0.337 e. The van der Waals surface area contributed by atoms with Crippen LogP contribution in [0.3, 0.4) is 0 Å². The van der Waals surface area contributed by atoms with Crippen molar-refractivity contribution >= 4 is 33.3 Å². The summed E-state index contributed by atoms with van der Waals surface area (Å²) in [6.45, 7) is 0.588. The number of nitrogen functional groups attached to an aromatic ring is 1. The maximum Gasteiger partial charge on any atom is 0.337 e. The molecule has 0 spiro atoms. The molecule has 3 N–H and O–H groups in total. The number of hydrogen-bond acceptors (Lipinski definition) is 3. The number of nitrogens with two attached hydrogens (primary N) is 1. The van der Waals surface area contributed by atoms with Gasteiger partial charge in [-0.3, -0.25) is 0 Å². The highest BCUT2D eigenvalue weighted by Gasteiger charge is 2.14. The fraction of sp³-hybridized carbons (Fsp3) is 0.133. The van der Waals surface area contributed by atoms with E-state index in [4.69, 9.17) is 5.73 Å². The largest absolute Gasteiger partial charge is 0.478 e. The molecule has 2 aromatic rings. The highest BCUT2D eigenvalue weighted by Crippen LogP contribution is 2.26. The summed E-state index contributed by atoms with van der Waals surface area (Å²) >= 11 is 3.49. The molecule has 0 aliphatic heterocycles. The molecule has 0 aromatic heterocycles. The van der Waals surface area contributed by atoms with Crippen LogP contribution in [0.25, 0.3) is 0 Å². The van der Waals surface area contributed by atoms with Crippen molar-refractivity contribution in [3.8, 4) is 0 Å². The van der Waals surface area contributed by atoms with Gasteiger partial charge in [-0.15, -0.1) is 0 Å². The van der Waals surface area contributed by atoms with Crippen LogP contribution in [-0.2, 0) is 6.54 Å². The number of carbonyl (C=O) groups is 1. The van der Waals surface area contributed by atoms with Crippen molar-refractivity contribution < 1.29 is 9.90 Å². The van der Waals surface area contributed by atoms with Gasteiger partial charge in [0.1, 0.15) is 0 Å². The van der Waals surface area contributed by atoms with Gasteiger partial charge in [-0.1, -0.05) is 34.1 Å². The molecule has 0 amide bonds. The van der Waals surface area contributed by atoms with E-state index in [-0.39, 0.29) is 5.56 Å². The lowest BCUT2D eigenvalue weighted by atomic mass is 10.1. The maximum absolute atomic E-state index is 11.3. The van der Waals surface area contributed by atoms with Crippen LogP contribution in [0.2, 0.25) is 0 Å². The Bertz CT molecular complexity index is 644. The van der Waals surface area contributed by atoms with Crippen LogP contribution in [0, 0.1) is 0 Å². The number of halogens is 1. The van der Waals surface area contributed by atoms with Crippen molar-refractivity contribution in [3.05, 3.63) is 58.1 Å². The Hall–Kier alpha value is -2.01. The average molecular weight is 335 g/mol. The van der Waals surface area contributed by atoms with Crippen LogP contribution < -0.4 is 10.6 Å². The van der Waals surface area contributed by atoms with Crippen molar-refractivity contribution in [3.63, 3.8) is 0 Å². The summed E-state index contributed by atoms with van der Waals surface area (Å²) in [7, 11) is 1.85. The van der Waals surface area contributed by atoms with Crippen LogP contribution >= 0.6 is 15.9 Å². The van der Waals surface area contributed by atoms with E-state index in [9.17, 15) is 9.90 Å². The Morgan fingerprint density at radius 1 is 1.30 bits per heavy atom. The quantitative estimate of drug-likeness (QED) is 0.841. The van der Waals surface area contributed by atoms with Crippen LogP contribution in [0.5, 0.6) is 0 Å². The van der Waals surface area contributed by atoms with Crippen LogP contribution in [0.4, 0.5) is 11.4 Å². The predicted molar refractivity (Wildman–Crippen MR) is 84.1 cm³/mol. The van der Waals surface area contributed by atoms with Gasteiger partial charge in [0.2, 0.25) is 0 Å². The second-order valence-corrected chi connectivity index (χ2v) is 5.38. The summed E-state index contributed by atoms with van der Waals surface area (Å²) in [6, 6.07) is 12.7. The number of rotatable bonds is 4. The number of aromatic carboxylic acids is 1. The first-order chi connectivity index (χ1) is 9.49. The third-order valence-corrected chi connectivity index (χ3v) is 3.80. The summed E-state index contributed by atoms with van der Waals surface area (Å²) in [5.41, 5.74) is 8.23. The van der Waals surface area contributed by atoms with Gasteiger partial charge in [-0.05, 0) is 29.8 Å². The van der Waals surface area contributed by atoms with E-state index in [1.54, 1.807) is 12.1 Å². The van der Waals surface area contributed by atoms with Gasteiger partial charge in [-0.2, -0.15) is 0 Å². The van der Waals surface area contributed by atoms with Gasteiger partial charge in [0.05, 0.1) is 11.3 Å². The molecule has 4 nitrogen and oxygen atoms in total.